The van der Waals surface area contributed by atoms with Gasteiger partial charge in [0, 0.05) is 50.3 Å². The van der Waals surface area contributed by atoms with Crippen molar-refractivity contribution in [3.63, 3.8) is 0 Å². The summed E-state index contributed by atoms with van der Waals surface area (Å²) in [6, 6.07) is 0. The molecule has 0 radical (unpaired) electrons. The van der Waals surface area contributed by atoms with Gasteiger partial charge >= 0.3 is 21.7 Å². The molecule has 0 aromatic carbocycles. The average Bonchev–Trinajstić information content (AvgIpc) is 3.21. The average molecular weight is 909 g/mol. The van der Waals surface area contributed by atoms with Crippen molar-refractivity contribution in [2.45, 2.75) is 257 Å². The van der Waals surface area contributed by atoms with E-state index in [2.05, 4.69) is 0 Å². The minimum absolute atomic E-state index is 0. The van der Waals surface area contributed by atoms with E-state index in [1.54, 1.807) is 0 Å². The zero-order chi connectivity index (χ0) is 45.4. The van der Waals surface area contributed by atoms with Gasteiger partial charge in [0.15, 0.2) is 0 Å². The number of aliphatic hydroxyl groups is 4. The second-order valence-electron chi connectivity index (χ2n) is 16.1. The maximum atomic E-state index is 10.1. The Morgan fingerprint density at radius 2 is 0.311 bits per heavy atom. The zero-order valence-corrected chi connectivity index (χ0v) is 40.2. The van der Waals surface area contributed by atoms with Gasteiger partial charge in [-0.3, -0.25) is 0 Å². The van der Waals surface area contributed by atoms with Crippen molar-refractivity contribution in [3.8, 4) is 0 Å². The van der Waals surface area contributed by atoms with E-state index in [9.17, 15) is 39.6 Å². The fourth-order valence-electron chi connectivity index (χ4n) is 6.47. The van der Waals surface area contributed by atoms with Gasteiger partial charge in [0.05, 0.1) is 0 Å². The molecule has 0 aliphatic rings. The van der Waals surface area contributed by atoms with Crippen molar-refractivity contribution < 1.29 is 81.7 Å². The first-order chi connectivity index (χ1) is 29.1. The van der Waals surface area contributed by atoms with E-state index >= 15 is 0 Å². The number of unbranched alkanes of at least 4 members (excludes halogenated alkanes) is 32. The van der Waals surface area contributed by atoms with Crippen LogP contribution in [0.1, 0.15) is 257 Å². The summed E-state index contributed by atoms with van der Waals surface area (Å²) < 4.78 is 0. The van der Waals surface area contributed by atoms with Crippen LogP contribution < -0.4 is 20.4 Å². The summed E-state index contributed by atoms with van der Waals surface area (Å²) in [5.74, 6) is -3.73. The molecule has 0 atom stereocenters. The van der Waals surface area contributed by atoms with Crippen molar-refractivity contribution in [1.29, 1.82) is 0 Å². The Morgan fingerprint density at radius 1 is 0.213 bits per heavy atom. The molecule has 0 aliphatic carbocycles. The normalized spacial score (nSPS) is 10.3. The van der Waals surface area contributed by atoms with E-state index in [0.29, 0.717) is 26.4 Å². The zero-order valence-electron chi connectivity index (χ0n) is 38.7. The molecule has 0 aliphatic heterocycles. The Morgan fingerprint density at radius 3 is 0.410 bits per heavy atom. The predicted molar refractivity (Wildman–Crippen MR) is 233 cm³/mol. The standard InChI is InChI=1S/4C12H24O3.Ti/c4*13-11-9-7-5-3-1-2-4-6-8-10-12(14)15;/h4*13H,1-11H2,(H,14,15);/q;;;;+4/p-4. The molecule has 0 saturated carbocycles. The molecule has 0 heterocycles. The molecule has 0 amide bonds. The minimum atomic E-state index is -0.931. The van der Waals surface area contributed by atoms with Crippen molar-refractivity contribution in [1.82, 2.24) is 0 Å². The summed E-state index contributed by atoms with van der Waals surface area (Å²) >= 11 is 0. The SMILES string of the molecule is O=C([O-])CCCCCCCCCCCO.O=C([O-])CCCCCCCCCCCO.O=C([O-])CCCCCCCCCCCO.O=C([O-])CCCCCCCCCCCO.[Ti+4]. The van der Waals surface area contributed by atoms with E-state index < -0.39 is 23.9 Å². The molecule has 0 rings (SSSR count). The Bertz CT molecular complexity index is 727. The number of rotatable bonds is 44. The number of carboxylic acid groups (broad SMARTS) is 4. The molecule has 61 heavy (non-hydrogen) atoms. The molecule has 0 bridgehead atoms. The smallest absolute Gasteiger partial charge is 0.550 e. The van der Waals surface area contributed by atoms with Gasteiger partial charge in [-0.2, -0.15) is 0 Å². The number of aliphatic hydroxyl groups excluding tert-OH is 4. The summed E-state index contributed by atoms with van der Waals surface area (Å²) in [4.78, 5) is 40.4. The van der Waals surface area contributed by atoms with E-state index in [1.165, 1.54) is 103 Å². The quantitative estimate of drug-likeness (QED) is 0.0378. The number of carbonyl (C=O) groups is 4. The Hall–Kier alpha value is -1.57. The first-order valence-corrected chi connectivity index (χ1v) is 24.3. The van der Waals surface area contributed by atoms with Crippen LogP contribution in [0, 0.1) is 0 Å². The third-order valence-electron chi connectivity index (χ3n) is 10.2. The Balaban J connectivity index is -0.000000227. The first kappa shape index (κ1) is 68.5. The molecule has 13 heteroatoms. The molecule has 12 nitrogen and oxygen atoms in total. The topological polar surface area (TPSA) is 241 Å². The summed E-state index contributed by atoms with van der Waals surface area (Å²) in [7, 11) is 0. The molecule has 0 saturated heterocycles. The Labute approximate surface area is 387 Å². The third kappa shape index (κ3) is 86.3. The van der Waals surface area contributed by atoms with Crippen LogP contribution in [0.15, 0.2) is 0 Å². The summed E-state index contributed by atoms with van der Waals surface area (Å²) in [6.07, 6.45) is 40.1. The van der Waals surface area contributed by atoms with Crippen molar-refractivity contribution in [3.05, 3.63) is 0 Å². The molecule has 0 unspecified atom stereocenters. The maximum absolute atomic E-state index is 10.1. The second kappa shape index (κ2) is 65.1. The van der Waals surface area contributed by atoms with Gasteiger partial charge < -0.3 is 60.0 Å². The van der Waals surface area contributed by atoms with Crippen LogP contribution in [0.3, 0.4) is 0 Å². The van der Waals surface area contributed by atoms with Gasteiger partial charge in [-0.05, 0) is 77.0 Å². The van der Waals surface area contributed by atoms with Gasteiger partial charge in [0.25, 0.3) is 0 Å². The minimum Gasteiger partial charge on any atom is -0.550 e. The van der Waals surface area contributed by atoms with Crippen LogP contribution >= 0.6 is 0 Å². The van der Waals surface area contributed by atoms with Crippen LogP contribution in [-0.4, -0.2) is 70.7 Å². The maximum Gasteiger partial charge on any atom is 4.00 e. The molecule has 0 spiro atoms. The summed E-state index contributed by atoms with van der Waals surface area (Å²) in [6.45, 7) is 1.24. The molecule has 4 N–H and O–H groups in total. The number of aliphatic carboxylic acids is 4. The number of hydrogen-bond donors (Lipinski definition) is 4. The largest absolute Gasteiger partial charge is 4.00 e. The van der Waals surface area contributed by atoms with Crippen molar-refractivity contribution in [2.24, 2.45) is 0 Å². The van der Waals surface area contributed by atoms with Crippen molar-refractivity contribution in [2.75, 3.05) is 26.4 Å². The Kier molecular flexibility index (Phi) is 73.0. The molecular weight excluding hydrogens is 816 g/mol. The van der Waals surface area contributed by atoms with E-state index in [4.69, 9.17) is 20.4 Å². The van der Waals surface area contributed by atoms with Gasteiger partial charge in [-0.25, -0.2) is 0 Å². The fraction of sp³-hybridized carbons (Fsp3) is 0.917. The number of hydrogen-bond acceptors (Lipinski definition) is 12. The van der Waals surface area contributed by atoms with Gasteiger partial charge in [0.2, 0.25) is 0 Å². The number of carbonyl (C=O) groups excluding carboxylic acids is 4. The van der Waals surface area contributed by atoms with Crippen LogP contribution in [0.25, 0.3) is 0 Å². The van der Waals surface area contributed by atoms with Crippen molar-refractivity contribution >= 4 is 23.9 Å². The fourth-order valence-corrected chi connectivity index (χ4v) is 6.47. The molecule has 0 aromatic heterocycles. The van der Waals surface area contributed by atoms with Gasteiger partial charge in [0.1, 0.15) is 0 Å². The molecule has 0 aromatic rings. The molecule has 0 fully saturated rings. The monoisotopic (exact) mass is 909 g/mol. The summed E-state index contributed by atoms with van der Waals surface area (Å²) in [5, 5.41) is 74.6. The van der Waals surface area contributed by atoms with Gasteiger partial charge in [-0.1, -0.05) is 180 Å². The summed E-state index contributed by atoms with van der Waals surface area (Å²) in [5.41, 5.74) is 0. The van der Waals surface area contributed by atoms with Crippen LogP contribution in [0.4, 0.5) is 0 Å². The van der Waals surface area contributed by atoms with Crippen LogP contribution in [0.2, 0.25) is 0 Å². The molecule has 360 valence electrons. The first-order valence-electron chi connectivity index (χ1n) is 24.3. The number of carboxylic acids is 4. The van der Waals surface area contributed by atoms with Crippen LogP contribution in [0.5, 0.6) is 0 Å². The third-order valence-corrected chi connectivity index (χ3v) is 10.2. The predicted octanol–water partition coefficient (Wildman–Crippen LogP) is 6.52. The molecular formula is C48H92O12Ti. The van der Waals surface area contributed by atoms with E-state index in [-0.39, 0.29) is 47.4 Å². The second-order valence-corrected chi connectivity index (χ2v) is 16.1. The van der Waals surface area contributed by atoms with Gasteiger partial charge in [-0.15, -0.1) is 0 Å². The van der Waals surface area contributed by atoms with Crippen LogP contribution in [-0.2, 0) is 40.9 Å². The van der Waals surface area contributed by atoms with E-state index in [0.717, 1.165) is 128 Å². The van der Waals surface area contributed by atoms with E-state index in [1.807, 2.05) is 0 Å².